The predicted molar refractivity (Wildman–Crippen MR) is 87.7 cm³/mol. The van der Waals surface area contributed by atoms with Crippen LogP contribution in [0, 0.1) is 6.92 Å². The molecule has 0 fully saturated rings. The van der Waals surface area contributed by atoms with Crippen molar-refractivity contribution in [1.29, 1.82) is 0 Å². The van der Waals surface area contributed by atoms with Crippen molar-refractivity contribution in [2.75, 3.05) is 38.8 Å². The lowest BCUT2D eigenvalue weighted by Gasteiger charge is -2.21. The molecule has 124 valence electrons. The molecule has 0 aliphatic carbocycles. The molecule has 0 heterocycles. The second-order valence-electron chi connectivity index (χ2n) is 4.64. The molecular formula is C15H22ClNO4S. The molecule has 0 spiro atoms. The minimum absolute atomic E-state index is 0.0388. The van der Waals surface area contributed by atoms with Crippen LogP contribution >= 0.6 is 11.6 Å². The summed E-state index contributed by atoms with van der Waals surface area (Å²) >= 11 is 5.49. The quantitative estimate of drug-likeness (QED) is 0.398. The number of hydrogen-bond acceptors (Lipinski definition) is 4. The molecule has 0 amide bonds. The third-order valence-electron chi connectivity index (χ3n) is 2.96. The van der Waals surface area contributed by atoms with Gasteiger partial charge in [0.2, 0.25) is 10.0 Å². The maximum absolute atomic E-state index is 12.5. The predicted octanol–water partition coefficient (Wildman–Crippen LogP) is 1.79. The minimum Gasteiger partial charge on any atom is -0.395 e. The maximum Gasteiger partial charge on any atom is 0.243 e. The topological polar surface area (TPSA) is 66.8 Å². The Morgan fingerprint density at radius 2 is 1.91 bits per heavy atom. The zero-order valence-corrected chi connectivity index (χ0v) is 14.2. The molecule has 1 aromatic carbocycles. The Kier molecular flexibility index (Phi) is 8.67. The second-order valence-corrected chi connectivity index (χ2v) is 6.89. The van der Waals surface area contributed by atoms with Gasteiger partial charge in [0.25, 0.3) is 0 Å². The van der Waals surface area contributed by atoms with E-state index in [9.17, 15) is 8.42 Å². The van der Waals surface area contributed by atoms with Gasteiger partial charge in [-0.15, -0.1) is 11.6 Å². The van der Waals surface area contributed by atoms with Crippen molar-refractivity contribution in [2.24, 2.45) is 0 Å². The van der Waals surface area contributed by atoms with Crippen LogP contribution in [0.1, 0.15) is 5.56 Å². The summed E-state index contributed by atoms with van der Waals surface area (Å²) in [6.07, 6.45) is 3.54. The summed E-state index contributed by atoms with van der Waals surface area (Å²) in [7, 11) is -3.62. The number of nitrogens with zero attached hydrogens (tertiary/aromatic N) is 1. The van der Waals surface area contributed by atoms with E-state index in [2.05, 4.69) is 0 Å². The number of aryl methyl sites for hydroxylation is 1. The van der Waals surface area contributed by atoms with Gasteiger partial charge in [-0.3, -0.25) is 0 Å². The van der Waals surface area contributed by atoms with Gasteiger partial charge >= 0.3 is 0 Å². The monoisotopic (exact) mass is 347 g/mol. The standard InChI is InChI=1S/C15H22ClNO4S/c1-14-4-6-15(7-5-14)22(19,20)17(9-11-18)10-13-21-12-3-2-8-16/h2-7,18H,8-13H2,1H3/b3-2-. The fraction of sp³-hybridized carbons (Fsp3) is 0.467. The van der Waals surface area contributed by atoms with Crippen LogP contribution < -0.4 is 0 Å². The SMILES string of the molecule is Cc1ccc(S(=O)(=O)N(CCO)CCOC/C=C\CCl)cc1. The van der Waals surface area contributed by atoms with Gasteiger partial charge in [0.1, 0.15) is 0 Å². The first-order chi connectivity index (χ1) is 10.5. The Morgan fingerprint density at radius 1 is 1.23 bits per heavy atom. The zero-order chi connectivity index (χ0) is 16.4. The van der Waals surface area contributed by atoms with Crippen molar-refractivity contribution in [2.45, 2.75) is 11.8 Å². The highest BCUT2D eigenvalue weighted by molar-refractivity contribution is 7.89. The number of aliphatic hydroxyl groups is 1. The van der Waals surface area contributed by atoms with Crippen LogP contribution in [0.15, 0.2) is 41.3 Å². The Morgan fingerprint density at radius 3 is 2.50 bits per heavy atom. The molecule has 0 saturated carbocycles. The van der Waals surface area contributed by atoms with Crippen LogP contribution in [-0.4, -0.2) is 56.6 Å². The van der Waals surface area contributed by atoms with Crippen LogP contribution in [0.25, 0.3) is 0 Å². The number of alkyl halides is 1. The summed E-state index contributed by atoms with van der Waals surface area (Å²) in [5.74, 6) is 0.418. The van der Waals surface area contributed by atoms with Crippen molar-refractivity contribution in [3.63, 3.8) is 0 Å². The van der Waals surface area contributed by atoms with Crippen molar-refractivity contribution in [1.82, 2.24) is 4.31 Å². The number of aliphatic hydroxyl groups excluding tert-OH is 1. The third-order valence-corrected chi connectivity index (χ3v) is 5.05. The summed E-state index contributed by atoms with van der Waals surface area (Å²) in [6.45, 7) is 2.51. The van der Waals surface area contributed by atoms with Gasteiger partial charge in [0.05, 0.1) is 24.7 Å². The summed E-state index contributed by atoms with van der Waals surface area (Å²) in [4.78, 5) is 0.216. The number of allylic oxidation sites excluding steroid dienone is 1. The number of sulfonamides is 1. The van der Waals surface area contributed by atoms with E-state index in [-0.39, 0.29) is 31.2 Å². The van der Waals surface area contributed by atoms with Crippen LogP contribution in [-0.2, 0) is 14.8 Å². The lowest BCUT2D eigenvalue weighted by atomic mass is 10.2. The summed E-state index contributed by atoms with van der Waals surface area (Å²) < 4.78 is 31.6. The molecule has 0 aliphatic rings. The highest BCUT2D eigenvalue weighted by atomic mass is 35.5. The Balaban J connectivity index is 2.68. The van der Waals surface area contributed by atoms with Gasteiger partial charge in [-0.1, -0.05) is 29.8 Å². The van der Waals surface area contributed by atoms with E-state index in [1.807, 2.05) is 6.92 Å². The van der Waals surface area contributed by atoms with Gasteiger partial charge in [0, 0.05) is 19.0 Å². The highest BCUT2D eigenvalue weighted by Gasteiger charge is 2.23. The Hall–Kier alpha value is -0.920. The normalized spacial score (nSPS) is 12.4. The molecule has 0 saturated heterocycles. The molecule has 22 heavy (non-hydrogen) atoms. The second kappa shape index (κ2) is 9.97. The molecule has 0 aliphatic heterocycles. The summed E-state index contributed by atoms with van der Waals surface area (Å²) in [5.41, 5.74) is 0.988. The molecular weight excluding hydrogens is 326 g/mol. The molecule has 0 aromatic heterocycles. The number of rotatable bonds is 10. The average molecular weight is 348 g/mol. The first kappa shape index (κ1) is 19.1. The molecule has 0 radical (unpaired) electrons. The Labute approximate surface area is 137 Å². The van der Waals surface area contributed by atoms with Crippen LogP contribution in [0.4, 0.5) is 0 Å². The fourth-order valence-corrected chi connectivity index (χ4v) is 3.31. The van der Waals surface area contributed by atoms with Crippen LogP contribution in [0.5, 0.6) is 0 Å². The molecule has 0 atom stereocenters. The van der Waals surface area contributed by atoms with E-state index in [1.54, 1.807) is 36.4 Å². The number of benzene rings is 1. The molecule has 1 N–H and O–H groups in total. The van der Waals surface area contributed by atoms with E-state index >= 15 is 0 Å². The molecule has 7 heteroatoms. The first-order valence-corrected chi connectivity index (χ1v) is 8.96. The summed E-state index contributed by atoms with van der Waals surface area (Å²) in [5, 5.41) is 9.09. The molecule has 0 bridgehead atoms. The molecule has 0 unspecified atom stereocenters. The van der Waals surface area contributed by atoms with Crippen LogP contribution in [0.3, 0.4) is 0 Å². The third kappa shape index (κ3) is 6.06. The zero-order valence-electron chi connectivity index (χ0n) is 12.6. The minimum atomic E-state index is -3.62. The smallest absolute Gasteiger partial charge is 0.243 e. The van der Waals surface area contributed by atoms with E-state index in [0.717, 1.165) is 5.56 Å². The summed E-state index contributed by atoms with van der Waals surface area (Å²) in [6, 6.07) is 6.63. The van der Waals surface area contributed by atoms with E-state index in [4.69, 9.17) is 21.4 Å². The van der Waals surface area contributed by atoms with Crippen molar-refractivity contribution >= 4 is 21.6 Å². The largest absolute Gasteiger partial charge is 0.395 e. The van der Waals surface area contributed by atoms with Crippen molar-refractivity contribution < 1.29 is 18.3 Å². The molecule has 5 nitrogen and oxygen atoms in total. The van der Waals surface area contributed by atoms with Crippen molar-refractivity contribution in [3.05, 3.63) is 42.0 Å². The highest BCUT2D eigenvalue weighted by Crippen LogP contribution is 2.16. The number of hydrogen-bond donors (Lipinski definition) is 1. The number of ether oxygens (including phenoxy) is 1. The fourth-order valence-electron chi connectivity index (χ4n) is 1.77. The Bertz CT molecular complexity index is 557. The van der Waals surface area contributed by atoms with Crippen LogP contribution in [0.2, 0.25) is 0 Å². The maximum atomic E-state index is 12.5. The van der Waals surface area contributed by atoms with E-state index in [0.29, 0.717) is 12.5 Å². The average Bonchev–Trinajstić information content (AvgIpc) is 2.50. The molecule has 1 aromatic rings. The van der Waals surface area contributed by atoms with Gasteiger partial charge in [0.15, 0.2) is 0 Å². The van der Waals surface area contributed by atoms with E-state index < -0.39 is 10.0 Å². The van der Waals surface area contributed by atoms with E-state index in [1.165, 1.54) is 4.31 Å². The lowest BCUT2D eigenvalue weighted by Crippen LogP contribution is -2.36. The van der Waals surface area contributed by atoms with Gasteiger partial charge in [-0.2, -0.15) is 4.31 Å². The van der Waals surface area contributed by atoms with Gasteiger partial charge in [-0.25, -0.2) is 8.42 Å². The number of halogens is 1. The first-order valence-electron chi connectivity index (χ1n) is 6.98. The van der Waals surface area contributed by atoms with Gasteiger partial charge < -0.3 is 9.84 Å². The van der Waals surface area contributed by atoms with Gasteiger partial charge in [-0.05, 0) is 19.1 Å². The molecule has 1 rings (SSSR count). The van der Waals surface area contributed by atoms with Crippen molar-refractivity contribution in [3.8, 4) is 0 Å². The lowest BCUT2D eigenvalue weighted by molar-refractivity contribution is 0.141.